The van der Waals surface area contributed by atoms with Gasteiger partial charge in [0.05, 0.1) is 5.41 Å². The normalized spacial score (nSPS) is 11.6. The van der Waals surface area contributed by atoms with Crippen LogP contribution in [0.5, 0.6) is 0 Å². The second-order valence-electron chi connectivity index (χ2n) is 4.80. The number of carbonyl (C=O) groups excluding carboxylic acids is 1. The first-order valence-corrected chi connectivity index (χ1v) is 5.72. The van der Waals surface area contributed by atoms with Gasteiger partial charge in [0.1, 0.15) is 11.5 Å². The minimum atomic E-state index is -0.707. The van der Waals surface area contributed by atoms with Gasteiger partial charge in [-0.15, -0.1) is 0 Å². The second kappa shape index (κ2) is 4.37. The number of hydrogen-bond acceptors (Lipinski definition) is 2. The molecule has 0 aliphatic carbocycles. The van der Waals surface area contributed by atoms with Crippen LogP contribution in [0, 0.1) is 5.82 Å². The van der Waals surface area contributed by atoms with Crippen molar-refractivity contribution in [3.63, 3.8) is 0 Å². The maximum atomic E-state index is 12.9. The van der Waals surface area contributed by atoms with Crippen molar-refractivity contribution in [1.82, 2.24) is 9.78 Å². The van der Waals surface area contributed by atoms with Crippen molar-refractivity contribution < 1.29 is 9.18 Å². The van der Waals surface area contributed by atoms with Crippen LogP contribution in [0.1, 0.15) is 29.9 Å². The standard InChI is InChI=1S/C14H15FN2O/c1-14(2,10-4-6-11(15)7-5-10)13(18)12-8-9-16-17(12)3/h4-9H,1-3H3. The Kier molecular flexibility index (Phi) is 3.03. The van der Waals surface area contributed by atoms with Crippen molar-refractivity contribution in [3.8, 4) is 0 Å². The van der Waals surface area contributed by atoms with Crippen LogP contribution in [0.25, 0.3) is 0 Å². The van der Waals surface area contributed by atoms with Crippen LogP contribution in [-0.4, -0.2) is 15.6 Å². The molecule has 94 valence electrons. The molecule has 0 aliphatic rings. The number of aromatic nitrogens is 2. The van der Waals surface area contributed by atoms with Crippen LogP contribution in [0.15, 0.2) is 36.5 Å². The molecule has 0 spiro atoms. The van der Waals surface area contributed by atoms with Gasteiger partial charge in [-0.2, -0.15) is 5.10 Å². The second-order valence-corrected chi connectivity index (χ2v) is 4.80. The molecule has 0 unspecified atom stereocenters. The summed E-state index contributed by atoms with van der Waals surface area (Å²) in [4.78, 5) is 12.5. The van der Waals surface area contributed by atoms with E-state index in [0.717, 1.165) is 5.56 Å². The summed E-state index contributed by atoms with van der Waals surface area (Å²) in [5.41, 5.74) is 0.626. The fourth-order valence-corrected chi connectivity index (χ4v) is 1.91. The van der Waals surface area contributed by atoms with E-state index in [1.54, 1.807) is 36.1 Å². The van der Waals surface area contributed by atoms with Crippen molar-refractivity contribution in [1.29, 1.82) is 0 Å². The molecule has 0 amide bonds. The first kappa shape index (κ1) is 12.5. The van der Waals surface area contributed by atoms with E-state index in [2.05, 4.69) is 5.10 Å². The van der Waals surface area contributed by atoms with E-state index in [1.807, 2.05) is 13.8 Å². The highest BCUT2D eigenvalue weighted by Gasteiger charge is 2.32. The van der Waals surface area contributed by atoms with E-state index >= 15 is 0 Å². The zero-order valence-electron chi connectivity index (χ0n) is 10.6. The van der Waals surface area contributed by atoms with Crippen LogP contribution in [0.4, 0.5) is 4.39 Å². The summed E-state index contributed by atoms with van der Waals surface area (Å²) < 4.78 is 14.5. The Morgan fingerprint density at radius 3 is 2.33 bits per heavy atom. The summed E-state index contributed by atoms with van der Waals surface area (Å²) in [5.74, 6) is -0.336. The van der Waals surface area contributed by atoms with E-state index in [1.165, 1.54) is 12.1 Å². The van der Waals surface area contributed by atoms with Gasteiger partial charge in [-0.05, 0) is 37.6 Å². The molecule has 1 heterocycles. The average molecular weight is 246 g/mol. The maximum absolute atomic E-state index is 12.9. The minimum Gasteiger partial charge on any atom is -0.291 e. The topological polar surface area (TPSA) is 34.9 Å². The van der Waals surface area contributed by atoms with Gasteiger partial charge in [0.2, 0.25) is 0 Å². The molecular formula is C14H15FN2O. The number of rotatable bonds is 3. The van der Waals surface area contributed by atoms with Crippen LogP contribution in [-0.2, 0) is 12.5 Å². The summed E-state index contributed by atoms with van der Waals surface area (Å²) >= 11 is 0. The van der Waals surface area contributed by atoms with Gasteiger partial charge in [0.15, 0.2) is 5.78 Å². The van der Waals surface area contributed by atoms with Gasteiger partial charge >= 0.3 is 0 Å². The molecule has 3 nitrogen and oxygen atoms in total. The molecule has 0 bridgehead atoms. The van der Waals surface area contributed by atoms with Gasteiger partial charge in [-0.25, -0.2) is 4.39 Å². The summed E-state index contributed by atoms with van der Waals surface area (Å²) in [5, 5.41) is 3.99. The quantitative estimate of drug-likeness (QED) is 0.780. The maximum Gasteiger partial charge on any atom is 0.190 e. The average Bonchev–Trinajstić information content (AvgIpc) is 2.75. The Balaban J connectivity index is 2.39. The number of ketones is 1. The van der Waals surface area contributed by atoms with E-state index < -0.39 is 5.41 Å². The van der Waals surface area contributed by atoms with E-state index in [-0.39, 0.29) is 11.6 Å². The highest BCUT2D eigenvalue weighted by atomic mass is 19.1. The van der Waals surface area contributed by atoms with Crippen LogP contribution < -0.4 is 0 Å². The van der Waals surface area contributed by atoms with Crippen molar-refractivity contribution >= 4 is 5.78 Å². The lowest BCUT2D eigenvalue weighted by Gasteiger charge is -2.23. The number of halogens is 1. The highest BCUT2D eigenvalue weighted by Crippen LogP contribution is 2.27. The Hall–Kier alpha value is -1.97. The number of Topliss-reactive ketones (excluding diaryl/α,β-unsaturated/α-hetero) is 1. The van der Waals surface area contributed by atoms with E-state index in [4.69, 9.17) is 0 Å². The summed E-state index contributed by atoms with van der Waals surface area (Å²) in [6.07, 6.45) is 1.59. The van der Waals surface area contributed by atoms with Crippen molar-refractivity contribution in [2.45, 2.75) is 19.3 Å². The Morgan fingerprint density at radius 1 is 1.22 bits per heavy atom. The first-order chi connectivity index (χ1) is 8.43. The lowest BCUT2D eigenvalue weighted by molar-refractivity contribution is 0.0899. The SMILES string of the molecule is Cn1nccc1C(=O)C(C)(C)c1ccc(F)cc1. The monoisotopic (exact) mass is 246 g/mol. The van der Waals surface area contributed by atoms with E-state index in [9.17, 15) is 9.18 Å². The molecule has 18 heavy (non-hydrogen) atoms. The largest absolute Gasteiger partial charge is 0.291 e. The predicted octanol–water partition coefficient (Wildman–Crippen LogP) is 2.72. The van der Waals surface area contributed by atoms with Gasteiger partial charge in [0.25, 0.3) is 0 Å². The number of hydrogen-bond donors (Lipinski definition) is 0. The molecule has 0 saturated carbocycles. The molecule has 0 fully saturated rings. The lowest BCUT2D eigenvalue weighted by atomic mass is 9.79. The zero-order valence-corrected chi connectivity index (χ0v) is 10.6. The number of aryl methyl sites for hydroxylation is 1. The van der Waals surface area contributed by atoms with Crippen molar-refractivity contribution in [2.75, 3.05) is 0 Å². The molecule has 2 aromatic rings. The smallest absolute Gasteiger partial charge is 0.190 e. The third-order valence-electron chi connectivity index (χ3n) is 3.19. The number of benzene rings is 1. The van der Waals surface area contributed by atoms with Crippen LogP contribution in [0.2, 0.25) is 0 Å². The molecule has 0 aliphatic heterocycles. The molecule has 0 radical (unpaired) electrons. The van der Waals surface area contributed by atoms with Gasteiger partial charge in [-0.1, -0.05) is 12.1 Å². The molecule has 0 N–H and O–H groups in total. The van der Waals surface area contributed by atoms with Crippen molar-refractivity contribution in [3.05, 3.63) is 53.6 Å². The lowest BCUT2D eigenvalue weighted by Crippen LogP contribution is -2.30. The van der Waals surface area contributed by atoms with Crippen molar-refractivity contribution in [2.24, 2.45) is 7.05 Å². The molecule has 0 saturated heterocycles. The molecule has 2 rings (SSSR count). The molecule has 0 atom stereocenters. The van der Waals surface area contributed by atoms with Gasteiger partial charge < -0.3 is 0 Å². The summed E-state index contributed by atoms with van der Waals surface area (Å²) in [6.45, 7) is 3.66. The van der Waals surface area contributed by atoms with Gasteiger partial charge in [-0.3, -0.25) is 9.48 Å². The molecule has 1 aromatic carbocycles. The molecule has 4 heteroatoms. The first-order valence-electron chi connectivity index (χ1n) is 5.72. The third-order valence-corrected chi connectivity index (χ3v) is 3.19. The molecular weight excluding hydrogens is 231 g/mol. The fourth-order valence-electron chi connectivity index (χ4n) is 1.91. The Labute approximate surface area is 105 Å². The fraction of sp³-hybridized carbons (Fsp3) is 0.286. The summed E-state index contributed by atoms with van der Waals surface area (Å²) in [6, 6.07) is 7.71. The van der Waals surface area contributed by atoms with Crippen LogP contribution >= 0.6 is 0 Å². The van der Waals surface area contributed by atoms with Crippen LogP contribution in [0.3, 0.4) is 0 Å². The Bertz CT molecular complexity index is 570. The number of nitrogens with zero attached hydrogens (tertiary/aromatic N) is 2. The Morgan fingerprint density at radius 2 is 1.83 bits per heavy atom. The minimum absolute atomic E-state index is 0.0332. The van der Waals surface area contributed by atoms with E-state index in [0.29, 0.717) is 5.69 Å². The third kappa shape index (κ3) is 2.06. The molecule has 1 aromatic heterocycles. The highest BCUT2D eigenvalue weighted by molar-refractivity contribution is 6.02. The predicted molar refractivity (Wildman–Crippen MR) is 67.0 cm³/mol. The number of carbonyl (C=O) groups is 1. The zero-order chi connectivity index (χ0) is 13.3. The van der Waals surface area contributed by atoms with Gasteiger partial charge in [0, 0.05) is 13.2 Å². The summed E-state index contributed by atoms with van der Waals surface area (Å²) in [7, 11) is 1.73.